The fourth-order valence-corrected chi connectivity index (χ4v) is 3.61. The second-order valence-electron chi connectivity index (χ2n) is 7.02. The van der Waals surface area contributed by atoms with E-state index in [0.29, 0.717) is 0 Å². The minimum atomic E-state index is 0.163. The van der Waals surface area contributed by atoms with Gasteiger partial charge in [0.15, 0.2) is 0 Å². The van der Waals surface area contributed by atoms with Gasteiger partial charge in [-0.1, -0.05) is 49.1 Å². The van der Waals surface area contributed by atoms with Crippen molar-refractivity contribution in [1.29, 1.82) is 0 Å². The summed E-state index contributed by atoms with van der Waals surface area (Å²) in [5, 5.41) is 7.78. The van der Waals surface area contributed by atoms with Gasteiger partial charge in [-0.25, -0.2) is 0 Å². The molecule has 0 aliphatic heterocycles. The first-order valence-corrected chi connectivity index (χ1v) is 8.95. The van der Waals surface area contributed by atoms with Crippen molar-refractivity contribution in [1.82, 2.24) is 9.78 Å². The van der Waals surface area contributed by atoms with Gasteiger partial charge in [0.05, 0.1) is 23.6 Å². The summed E-state index contributed by atoms with van der Waals surface area (Å²) in [4.78, 5) is 12.5. The number of nitrogens with zero attached hydrogens (tertiary/aromatic N) is 2. The van der Waals surface area contributed by atoms with Gasteiger partial charge in [0.1, 0.15) is 0 Å². The van der Waals surface area contributed by atoms with E-state index in [1.165, 1.54) is 30.4 Å². The number of anilines is 1. The minimum Gasteiger partial charge on any atom is -0.323 e. The highest BCUT2D eigenvalue weighted by Crippen LogP contribution is 2.27. The van der Waals surface area contributed by atoms with Crippen LogP contribution in [-0.4, -0.2) is 15.7 Å². The molecule has 1 aromatic carbocycles. The molecule has 1 saturated carbocycles. The maximum absolute atomic E-state index is 12.5. The molecule has 128 valence electrons. The lowest BCUT2D eigenvalue weighted by molar-refractivity contribution is -0.120. The minimum absolute atomic E-state index is 0.163. The van der Waals surface area contributed by atoms with E-state index < -0.39 is 0 Å². The van der Waals surface area contributed by atoms with E-state index >= 15 is 0 Å². The molecule has 4 nitrogen and oxygen atoms in total. The number of rotatable bonds is 4. The van der Waals surface area contributed by atoms with Crippen LogP contribution < -0.4 is 5.32 Å². The molecule has 1 heterocycles. The molecule has 0 unspecified atom stereocenters. The lowest BCUT2D eigenvalue weighted by Gasteiger charge is -2.20. The highest BCUT2D eigenvalue weighted by Gasteiger charge is 2.23. The molecular weight excluding hydrogens is 298 g/mol. The molecule has 1 fully saturated rings. The SMILES string of the molecule is Cc1cccc(Cn2nc(C)c(NC(=O)C3CCCCC3)c2C)c1. The normalized spacial score (nSPS) is 15.5. The third-order valence-corrected chi connectivity index (χ3v) is 5.02. The van der Waals surface area contributed by atoms with Gasteiger partial charge < -0.3 is 5.32 Å². The van der Waals surface area contributed by atoms with Crippen molar-refractivity contribution in [2.24, 2.45) is 5.92 Å². The van der Waals surface area contributed by atoms with Crippen molar-refractivity contribution in [3.63, 3.8) is 0 Å². The summed E-state index contributed by atoms with van der Waals surface area (Å²) < 4.78 is 1.99. The molecule has 0 spiro atoms. The van der Waals surface area contributed by atoms with Crippen molar-refractivity contribution in [3.05, 3.63) is 46.8 Å². The predicted molar refractivity (Wildman–Crippen MR) is 97.2 cm³/mol. The standard InChI is InChI=1S/C20H27N3O/c1-14-8-7-9-17(12-14)13-23-16(3)19(15(2)22-23)21-20(24)18-10-5-4-6-11-18/h7-9,12,18H,4-6,10-11,13H2,1-3H3,(H,21,24). The van der Waals surface area contributed by atoms with Crippen LogP contribution in [0.5, 0.6) is 0 Å². The largest absolute Gasteiger partial charge is 0.323 e. The lowest BCUT2D eigenvalue weighted by atomic mass is 9.88. The van der Waals surface area contributed by atoms with Crippen LogP contribution in [0.2, 0.25) is 0 Å². The number of amides is 1. The summed E-state index contributed by atoms with van der Waals surface area (Å²) in [7, 11) is 0. The summed E-state index contributed by atoms with van der Waals surface area (Å²) in [5.41, 5.74) is 5.28. The Balaban J connectivity index is 1.75. The zero-order chi connectivity index (χ0) is 17.1. The Labute approximate surface area is 144 Å². The molecule has 3 rings (SSSR count). The number of hydrogen-bond acceptors (Lipinski definition) is 2. The molecule has 4 heteroatoms. The first kappa shape index (κ1) is 16.7. The molecule has 1 N–H and O–H groups in total. The van der Waals surface area contributed by atoms with E-state index in [2.05, 4.69) is 41.6 Å². The number of carbonyl (C=O) groups is 1. The molecule has 1 aliphatic rings. The van der Waals surface area contributed by atoms with Gasteiger partial charge in [-0.3, -0.25) is 9.48 Å². The van der Waals surface area contributed by atoms with Crippen molar-refractivity contribution in [2.45, 2.75) is 59.4 Å². The van der Waals surface area contributed by atoms with Crippen LogP contribution in [0.4, 0.5) is 5.69 Å². The maximum atomic E-state index is 12.5. The highest BCUT2D eigenvalue weighted by molar-refractivity contribution is 5.93. The van der Waals surface area contributed by atoms with E-state index in [0.717, 1.165) is 36.5 Å². The number of hydrogen-bond donors (Lipinski definition) is 1. The van der Waals surface area contributed by atoms with Gasteiger partial charge in [0.2, 0.25) is 5.91 Å². The first-order chi connectivity index (χ1) is 11.5. The quantitative estimate of drug-likeness (QED) is 0.907. The average molecular weight is 325 g/mol. The van der Waals surface area contributed by atoms with Crippen LogP contribution >= 0.6 is 0 Å². The van der Waals surface area contributed by atoms with Gasteiger partial charge in [0.25, 0.3) is 0 Å². The summed E-state index contributed by atoms with van der Waals surface area (Å²) >= 11 is 0. The lowest BCUT2D eigenvalue weighted by Crippen LogP contribution is -2.25. The molecule has 0 atom stereocenters. The van der Waals surface area contributed by atoms with E-state index in [4.69, 9.17) is 0 Å². The van der Waals surface area contributed by atoms with E-state index in [9.17, 15) is 4.79 Å². The topological polar surface area (TPSA) is 46.9 Å². The summed E-state index contributed by atoms with van der Waals surface area (Å²) in [5.74, 6) is 0.327. The van der Waals surface area contributed by atoms with Crippen LogP contribution in [0.3, 0.4) is 0 Å². The zero-order valence-electron chi connectivity index (χ0n) is 14.9. The van der Waals surface area contributed by atoms with Crippen LogP contribution in [0.25, 0.3) is 0 Å². The van der Waals surface area contributed by atoms with E-state index in [1.54, 1.807) is 0 Å². The first-order valence-electron chi connectivity index (χ1n) is 8.95. The van der Waals surface area contributed by atoms with Crippen LogP contribution in [-0.2, 0) is 11.3 Å². The Kier molecular flexibility index (Phi) is 5.03. The monoisotopic (exact) mass is 325 g/mol. The molecule has 1 aromatic heterocycles. The third-order valence-electron chi connectivity index (χ3n) is 5.02. The second-order valence-corrected chi connectivity index (χ2v) is 7.02. The predicted octanol–water partition coefficient (Wildman–Crippen LogP) is 4.38. The Hall–Kier alpha value is -2.10. The number of carbonyl (C=O) groups excluding carboxylic acids is 1. The Morgan fingerprint density at radius 2 is 1.96 bits per heavy atom. The molecular formula is C20H27N3O. The van der Waals surface area contributed by atoms with Gasteiger partial charge in [-0.15, -0.1) is 0 Å². The average Bonchev–Trinajstić information content (AvgIpc) is 2.83. The highest BCUT2D eigenvalue weighted by atomic mass is 16.1. The van der Waals surface area contributed by atoms with Gasteiger partial charge >= 0.3 is 0 Å². The van der Waals surface area contributed by atoms with Crippen LogP contribution in [0.1, 0.15) is 54.6 Å². The number of benzene rings is 1. The maximum Gasteiger partial charge on any atom is 0.227 e. The molecule has 24 heavy (non-hydrogen) atoms. The Morgan fingerprint density at radius 3 is 2.67 bits per heavy atom. The molecule has 0 bridgehead atoms. The van der Waals surface area contributed by atoms with E-state index in [-0.39, 0.29) is 11.8 Å². The van der Waals surface area contributed by atoms with Gasteiger partial charge in [0, 0.05) is 5.92 Å². The summed E-state index contributed by atoms with van der Waals surface area (Å²) in [6, 6.07) is 8.46. The third kappa shape index (κ3) is 3.69. The molecule has 1 amide bonds. The van der Waals surface area contributed by atoms with E-state index in [1.807, 2.05) is 18.5 Å². The molecule has 2 aromatic rings. The smallest absolute Gasteiger partial charge is 0.227 e. The summed E-state index contributed by atoms with van der Waals surface area (Å²) in [6.07, 6.45) is 5.63. The molecule has 0 radical (unpaired) electrons. The second kappa shape index (κ2) is 7.20. The van der Waals surface area contributed by atoms with Crippen molar-refractivity contribution < 1.29 is 4.79 Å². The fourth-order valence-electron chi connectivity index (χ4n) is 3.61. The number of aromatic nitrogens is 2. The number of nitrogens with one attached hydrogen (secondary N) is 1. The number of aryl methyl sites for hydroxylation is 2. The fraction of sp³-hybridized carbons (Fsp3) is 0.500. The Morgan fingerprint density at radius 1 is 1.21 bits per heavy atom. The Bertz CT molecular complexity index is 726. The van der Waals surface area contributed by atoms with Crippen LogP contribution in [0.15, 0.2) is 24.3 Å². The van der Waals surface area contributed by atoms with Gasteiger partial charge in [-0.2, -0.15) is 5.10 Å². The van der Waals surface area contributed by atoms with Crippen molar-refractivity contribution in [2.75, 3.05) is 5.32 Å². The molecule has 0 saturated heterocycles. The zero-order valence-corrected chi connectivity index (χ0v) is 14.9. The summed E-state index contributed by atoms with van der Waals surface area (Å²) in [6.45, 7) is 6.83. The van der Waals surface area contributed by atoms with Crippen molar-refractivity contribution in [3.8, 4) is 0 Å². The van der Waals surface area contributed by atoms with Gasteiger partial charge in [-0.05, 0) is 39.2 Å². The van der Waals surface area contributed by atoms with Crippen LogP contribution in [0, 0.1) is 26.7 Å². The molecule has 1 aliphatic carbocycles. The van der Waals surface area contributed by atoms with Crippen molar-refractivity contribution >= 4 is 11.6 Å².